The number of esters is 1. The summed E-state index contributed by atoms with van der Waals surface area (Å²) in [6.45, 7) is 2.15. The van der Waals surface area contributed by atoms with Gasteiger partial charge in [-0.15, -0.1) is 0 Å². The summed E-state index contributed by atoms with van der Waals surface area (Å²) in [6.07, 6.45) is 5.36. The van der Waals surface area contributed by atoms with Gasteiger partial charge in [0.2, 0.25) is 0 Å². The molecule has 0 N–H and O–H groups in total. The van der Waals surface area contributed by atoms with E-state index in [2.05, 4.69) is 39.9 Å². The number of carbonyl (C=O) groups is 1. The molecule has 0 unspecified atom stereocenters. The van der Waals surface area contributed by atoms with E-state index in [0.29, 0.717) is 12.2 Å². The van der Waals surface area contributed by atoms with Gasteiger partial charge in [-0.1, -0.05) is 60.7 Å². The number of aromatic nitrogens is 2. The second-order valence-corrected chi connectivity index (χ2v) is 8.14. The third-order valence-electron chi connectivity index (χ3n) is 5.78. The number of carbonyl (C=O) groups excluding carboxylic acids is 1. The van der Waals surface area contributed by atoms with E-state index in [1.54, 1.807) is 31.5 Å². The van der Waals surface area contributed by atoms with E-state index in [1.165, 1.54) is 0 Å². The van der Waals surface area contributed by atoms with Gasteiger partial charge < -0.3 is 9.30 Å². The first-order chi connectivity index (χ1) is 17.7. The quantitative estimate of drug-likeness (QED) is 0.187. The molecule has 5 nitrogen and oxygen atoms in total. The molecule has 0 bridgehead atoms. The highest BCUT2D eigenvalue weighted by Gasteiger charge is 2.19. The van der Waals surface area contributed by atoms with Gasteiger partial charge in [-0.25, -0.2) is 4.79 Å². The summed E-state index contributed by atoms with van der Waals surface area (Å²) >= 11 is 0. The van der Waals surface area contributed by atoms with E-state index in [4.69, 9.17) is 9.73 Å². The molecule has 0 aliphatic rings. The van der Waals surface area contributed by atoms with Crippen molar-refractivity contribution in [1.82, 2.24) is 9.55 Å². The number of nitrogens with zero attached hydrogens (tertiary/aromatic N) is 3. The summed E-state index contributed by atoms with van der Waals surface area (Å²) in [5.74, 6) is -0.326. The molecule has 5 heteroatoms. The molecule has 3 aromatic carbocycles. The van der Waals surface area contributed by atoms with E-state index in [0.717, 1.165) is 39.5 Å². The molecule has 0 fully saturated rings. The SMILES string of the molecule is CCOC(=O)c1ccc(-n2c(-c3ccccc3)cc(C=Nc3cccnc3)c2-c2ccccc2)cc1. The van der Waals surface area contributed by atoms with Crippen molar-refractivity contribution in [2.45, 2.75) is 6.92 Å². The first kappa shape index (κ1) is 23.0. The van der Waals surface area contributed by atoms with E-state index < -0.39 is 0 Å². The Morgan fingerprint density at radius 1 is 0.889 bits per heavy atom. The molecule has 0 spiro atoms. The topological polar surface area (TPSA) is 56.5 Å². The van der Waals surface area contributed by atoms with Crippen molar-refractivity contribution in [1.29, 1.82) is 0 Å². The van der Waals surface area contributed by atoms with Gasteiger partial charge in [-0.2, -0.15) is 0 Å². The summed E-state index contributed by atoms with van der Waals surface area (Å²) in [5, 5.41) is 0. The number of ether oxygens (including phenoxy) is 1. The summed E-state index contributed by atoms with van der Waals surface area (Å²) < 4.78 is 7.38. The van der Waals surface area contributed by atoms with Gasteiger partial charge in [0, 0.05) is 23.7 Å². The van der Waals surface area contributed by atoms with Crippen LogP contribution in [0.3, 0.4) is 0 Å². The van der Waals surface area contributed by atoms with Gasteiger partial charge in [-0.3, -0.25) is 9.98 Å². The van der Waals surface area contributed by atoms with Crippen molar-refractivity contribution in [3.05, 3.63) is 127 Å². The normalized spacial score (nSPS) is 11.0. The molecule has 0 aliphatic carbocycles. The number of aliphatic imine (C=N–C) groups is 1. The molecule has 2 aromatic heterocycles. The summed E-state index contributed by atoms with van der Waals surface area (Å²) in [6, 6.07) is 34.0. The molecule has 0 saturated carbocycles. The molecule has 176 valence electrons. The zero-order chi connectivity index (χ0) is 24.7. The smallest absolute Gasteiger partial charge is 0.338 e. The van der Waals surface area contributed by atoms with Crippen molar-refractivity contribution < 1.29 is 9.53 Å². The lowest BCUT2D eigenvalue weighted by Crippen LogP contribution is -2.05. The zero-order valence-electron chi connectivity index (χ0n) is 19.9. The lowest BCUT2D eigenvalue weighted by atomic mass is 10.1. The van der Waals surface area contributed by atoms with Crippen LogP contribution in [-0.4, -0.2) is 28.3 Å². The monoisotopic (exact) mass is 471 g/mol. The highest BCUT2D eigenvalue weighted by molar-refractivity contribution is 5.95. The second-order valence-electron chi connectivity index (χ2n) is 8.14. The Labute approximate surface area is 210 Å². The fourth-order valence-electron chi connectivity index (χ4n) is 4.14. The maximum atomic E-state index is 12.2. The Morgan fingerprint density at radius 2 is 1.58 bits per heavy atom. The minimum absolute atomic E-state index is 0.326. The molecule has 0 radical (unpaired) electrons. The van der Waals surface area contributed by atoms with E-state index in [1.807, 2.05) is 66.9 Å². The number of hydrogen-bond donors (Lipinski definition) is 0. The molecular weight excluding hydrogens is 446 g/mol. The van der Waals surface area contributed by atoms with Gasteiger partial charge in [0.25, 0.3) is 0 Å². The number of pyridine rings is 1. The molecule has 5 aromatic rings. The van der Waals surface area contributed by atoms with Crippen LogP contribution in [0.1, 0.15) is 22.8 Å². The lowest BCUT2D eigenvalue weighted by molar-refractivity contribution is 0.0526. The molecular formula is C31H25N3O2. The Bertz CT molecular complexity index is 1470. The largest absolute Gasteiger partial charge is 0.462 e. The predicted octanol–water partition coefficient (Wildman–Crippen LogP) is 7.13. The molecule has 2 heterocycles. The summed E-state index contributed by atoms with van der Waals surface area (Å²) in [7, 11) is 0. The van der Waals surface area contributed by atoms with Crippen molar-refractivity contribution in [3.8, 4) is 28.2 Å². The molecule has 36 heavy (non-hydrogen) atoms. The Morgan fingerprint density at radius 3 is 2.22 bits per heavy atom. The molecule has 0 aliphatic heterocycles. The van der Waals surface area contributed by atoms with Crippen molar-refractivity contribution in [2.24, 2.45) is 4.99 Å². The molecule has 0 atom stereocenters. The van der Waals surface area contributed by atoms with Crippen LogP contribution >= 0.6 is 0 Å². The van der Waals surface area contributed by atoms with Crippen LogP contribution in [0.25, 0.3) is 28.2 Å². The minimum Gasteiger partial charge on any atom is -0.462 e. The Hall–Kier alpha value is -4.77. The number of hydrogen-bond acceptors (Lipinski definition) is 4. The fraction of sp³-hybridized carbons (Fsp3) is 0.0645. The van der Waals surface area contributed by atoms with Crippen LogP contribution in [-0.2, 0) is 4.74 Å². The first-order valence-corrected chi connectivity index (χ1v) is 11.8. The van der Waals surface area contributed by atoms with Crippen LogP contribution in [0.2, 0.25) is 0 Å². The first-order valence-electron chi connectivity index (χ1n) is 11.8. The van der Waals surface area contributed by atoms with Crippen LogP contribution in [0.15, 0.2) is 121 Å². The Balaban J connectivity index is 1.72. The van der Waals surface area contributed by atoms with Crippen LogP contribution in [0.4, 0.5) is 5.69 Å². The van der Waals surface area contributed by atoms with Gasteiger partial charge in [-0.05, 0) is 60.5 Å². The van der Waals surface area contributed by atoms with Gasteiger partial charge in [0.1, 0.15) is 0 Å². The standard InChI is InChI=1S/C31H25N3O2/c1-2-36-31(35)25-15-17-28(18-16-25)34-29(23-10-5-3-6-11-23)20-26(21-33-27-14-9-19-32-22-27)30(34)24-12-7-4-8-13-24/h3-22H,2H2,1H3. The van der Waals surface area contributed by atoms with Gasteiger partial charge in [0.15, 0.2) is 0 Å². The van der Waals surface area contributed by atoms with Crippen LogP contribution in [0.5, 0.6) is 0 Å². The fourth-order valence-corrected chi connectivity index (χ4v) is 4.14. The lowest BCUT2D eigenvalue weighted by Gasteiger charge is -2.15. The molecule has 5 rings (SSSR count). The predicted molar refractivity (Wildman–Crippen MR) is 144 cm³/mol. The van der Waals surface area contributed by atoms with E-state index in [9.17, 15) is 4.79 Å². The summed E-state index contributed by atoms with van der Waals surface area (Å²) in [5.41, 5.74) is 7.36. The highest BCUT2D eigenvalue weighted by atomic mass is 16.5. The average molecular weight is 472 g/mol. The van der Waals surface area contributed by atoms with Gasteiger partial charge in [0.05, 0.1) is 35.4 Å². The third-order valence-corrected chi connectivity index (χ3v) is 5.78. The molecule has 0 amide bonds. The highest BCUT2D eigenvalue weighted by Crippen LogP contribution is 2.35. The molecule has 0 saturated heterocycles. The van der Waals surface area contributed by atoms with Crippen LogP contribution in [0, 0.1) is 0 Å². The average Bonchev–Trinajstić information content (AvgIpc) is 3.33. The minimum atomic E-state index is -0.326. The van der Waals surface area contributed by atoms with E-state index in [-0.39, 0.29) is 5.97 Å². The number of rotatable bonds is 7. The Kier molecular flexibility index (Phi) is 6.81. The van der Waals surface area contributed by atoms with Gasteiger partial charge >= 0.3 is 5.97 Å². The maximum Gasteiger partial charge on any atom is 0.338 e. The van der Waals surface area contributed by atoms with E-state index >= 15 is 0 Å². The zero-order valence-corrected chi connectivity index (χ0v) is 19.9. The second kappa shape index (κ2) is 10.7. The van der Waals surface area contributed by atoms with Crippen molar-refractivity contribution in [2.75, 3.05) is 6.61 Å². The van der Waals surface area contributed by atoms with Crippen molar-refractivity contribution >= 4 is 17.9 Å². The maximum absolute atomic E-state index is 12.2. The summed E-state index contributed by atoms with van der Waals surface area (Å²) in [4.78, 5) is 21.1. The van der Waals surface area contributed by atoms with Crippen molar-refractivity contribution in [3.63, 3.8) is 0 Å². The number of benzene rings is 3. The third kappa shape index (κ3) is 4.86. The van der Waals surface area contributed by atoms with Crippen LogP contribution < -0.4 is 0 Å².